The van der Waals surface area contributed by atoms with E-state index < -0.39 is 0 Å². The van der Waals surface area contributed by atoms with E-state index in [1.54, 1.807) is 4.90 Å². The SMILES string of the molecule is CCOc1ccccc1/C=C1\SC(=S)N(CCOc2ccccc2)C1=O. The van der Waals surface area contributed by atoms with Gasteiger partial charge in [-0.25, -0.2) is 0 Å². The number of para-hydroxylation sites is 2. The van der Waals surface area contributed by atoms with Gasteiger partial charge in [-0.3, -0.25) is 9.69 Å². The van der Waals surface area contributed by atoms with Crippen molar-refractivity contribution in [2.24, 2.45) is 0 Å². The van der Waals surface area contributed by atoms with E-state index in [2.05, 4.69) is 0 Å². The zero-order valence-electron chi connectivity index (χ0n) is 14.4. The molecule has 4 nitrogen and oxygen atoms in total. The second-order valence-electron chi connectivity index (χ2n) is 5.47. The van der Waals surface area contributed by atoms with E-state index in [0.29, 0.717) is 29.0 Å². The zero-order valence-corrected chi connectivity index (χ0v) is 16.0. The maximum absolute atomic E-state index is 12.7. The predicted octanol–water partition coefficient (Wildman–Crippen LogP) is 4.37. The second kappa shape index (κ2) is 8.87. The number of nitrogens with zero attached hydrogens (tertiary/aromatic N) is 1. The van der Waals surface area contributed by atoms with Crippen LogP contribution in [0.1, 0.15) is 12.5 Å². The summed E-state index contributed by atoms with van der Waals surface area (Å²) < 4.78 is 11.8. The van der Waals surface area contributed by atoms with Crippen LogP contribution in [0.5, 0.6) is 11.5 Å². The first-order valence-electron chi connectivity index (χ1n) is 8.34. The van der Waals surface area contributed by atoms with E-state index in [1.807, 2.05) is 67.6 Å². The Hall–Kier alpha value is -2.31. The molecule has 0 spiro atoms. The molecule has 0 radical (unpaired) electrons. The number of hydrogen-bond acceptors (Lipinski definition) is 5. The van der Waals surface area contributed by atoms with Crippen molar-refractivity contribution in [2.45, 2.75) is 6.92 Å². The summed E-state index contributed by atoms with van der Waals surface area (Å²) in [7, 11) is 0. The molecular weight excluding hydrogens is 366 g/mol. The maximum Gasteiger partial charge on any atom is 0.266 e. The highest BCUT2D eigenvalue weighted by molar-refractivity contribution is 8.26. The average Bonchev–Trinajstić information content (AvgIpc) is 2.92. The molecule has 0 atom stereocenters. The molecule has 1 aliphatic heterocycles. The van der Waals surface area contributed by atoms with Crippen molar-refractivity contribution in [1.82, 2.24) is 4.90 Å². The maximum atomic E-state index is 12.7. The molecule has 0 N–H and O–H groups in total. The molecule has 0 aliphatic carbocycles. The number of hydrogen-bond donors (Lipinski definition) is 0. The lowest BCUT2D eigenvalue weighted by atomic mass is 10.2. The molecule has 0 aromatic heterocycles. The molecule has 0 bridgehead atoms. The third-order valence-electron chi connectivity index (χ3n) is 3.71. The summed E-state index contributed by atoms with van der Waals surface area (Å²) in [5, 5.41) is 0. The third kappa shape index (κ3) is 4.45. The lowest BCUT2D eigenvalue weighted by molar-refractivity contribution is -0.122. The van der Waals surface area contributed by atoms with Gasteiger partial charge in [0.15, 0.2) is 0 Å². The topological polar surface area (TPSA) is 38.8 Å². The lowest BCUT2D eigenvalue weighted by Crippen LogP contribution is -2.32. The monoisotopic (exact) mass is 385 g/mol. The number of carbonyl (C=O) groups excluding carboxylic acids is 1. The molecule has 2 aromatic rings. The molecule has 1 aliphatic rings. The molecule has 3 rings (SSSR count). The van der Waals surface area contributed by atoms with Crippen molar-refractivity contribution in [3.63, 3.8) is 0 Å². The van der Waals surface area contributed by atoms with Crippen molar-refractivity contribution >= 4 is 40.3 Å². The van der Waals surface area contributed by atoms with Crippen LogP contribution in [0.2, 0.25) is 0 Å². The number of thiocarbonyl (C=S) groups is 1. The second-order valence-corrected chi connectivity index (χ2v) is 7.14. The van der Waals surface area contributed by atoms with Crippen LogP contribution in [0, 0.1) is 0 Å². The summed E-state index contributed by atoms with van der Waals surface area (Å²) in [5.74, 6) is 1.44. The van der Waals surface area contributed by atoms with Gasteiger partial charge in [0.1, 0.15) is 22.4 Å². The number of ether oxygens (including phenoxy) is 2. The summed E-state index contributed by atoms with van der Waals surface area (Å²) in [6.45, 7) is 3.31. The molecule has 1 heterocycles. The Kier molecular flexibility index (Phi) is 6.30. The number of thioether (sulfide) groups is 1. The Bertz CT molecular complexity index is 821. The first kappa shape index (κ1) is 18.5. The first-order chi connectivity index (χ1) is 12.7. The Balaban J connectivity index is 1.67. The molecule has 1 amide bonds. The van der Waals surface area contributed by atoms with Gasteiger partial charge in [-0.2, -0.15) is 0 Å². The molecule has 0 saturated carbocycles. The predicted molar refractivity (Wildman–Crippen MR) is 109 cm³/mol. The minimum absolute atomic E-state index is 0.0945. The highest BCUT2D eigenvalue weighted by Gasteiger charge is 2.32. The summed E-state index contributed by atoms with van der Waals surface area (Å²) >= 11 is 6.67. The highest BCUT2D eigenvalue weighted by atomic mass is 32.2. The minimum atomic E-state index is -0.0945. The quantitative estimate of drug-likeness (QED) is 0.523. The fourth-order valence-corrected chi connectivity index (χ4v) is 3.79. The molecule has 1 saturated heterocycles. The molecule has 0 unspecified atom stereocenters. The van der Waals surface area contributed by atoms with E-state index in [4.69, 9.17) is 21.7 Å². The van der Waals surface area contributed by atoms with Gasteiger partial charge in [-0.15, -0.1) is 0 Å². The Morgan fingerprint density at radius 2 is 1.81 bits per heavy atom. The van der Waals surface area contributed by atoms with Crippen molar-refractivity contribution in [3.05, 3.63) is 65.1 Å². The van der Waals surface area contributed by atoms with Gasteiger partial charge >= 0.3 is 0 Å². The molecule has 6 heteroatoms. The van der Waals surface area contributed by atoms with E-state index in [0.717, 1.165) is 17.1 Å². The van der Waals surface area contributed by atoms with Crippen LogP contribution in [0.25, 0.3) is 6.08 Å². The van der Waals surface area contributed by atoms with Crippen LogP contribution in [0.4, 0.5) is 0 Å². The van der Waals surface area contributed by atoms with E-state index in [9.17, 15) is 4.79 Å². The van der Waals surface area contributed by atoms with Crippen LogP contribution in [-0.2, 0) is 4.79 Å². The van der Waals surface area contributed by atoms with E-state index in [-0.39, 0.29) is 5.91 Å². The van der Waals surface area contributed by atoms with Gasteiger partial charge in [0.25, 0.3) is 5.91 Å². The van der Waals surface area contributed by atoms with Gasteiger partial charge in [-0.1, -0.05) is 60.4 Å². The van der Waals surface area contributed by atoms with Crippen molar-refractivity contribution < 1.29 is 14.3 Å². The number of carbonyl (C=O) groups is 1. The van der Waals surface area contributed by atoms with Crippen molar-refractivity contribution in [3.8, 4) is 11.5 Å². The van der Waals surface area contributed by atoms with Gasteiger partial charge in [0, 0.05) is 5.56 Å². The van der Waals surface area contributed by atoms with Gasteiger partial charge in [-0.05, 0) is 31.2 Å². The Labute approximate surface area is 162 Å². The lowest BCUT2D eigenvalue weighted by Gasteiger charge is -2.15. The number of benzene rings is 2. The molecule has 2 aromatic carbocycles. The third-order valence-corrected chi connectivity index (χ3v) is 5.08. The summed E-state index contributed by atoms with van der Waals surface area (Å²) in [5.41, 5.74) is 0.871. The van der Waals surface area contributed by atoms with Crippen LogP contribution < -0.4 is 9.47 Å². The van der Waals surface area contributed by atoms with Crippen LogP contribution in [0.15, 0.2) is 59.5 Å². The van der Waals surface area contributed by atoms with Crippen molar-refractivity contribution in [2.75, 3.05) is 19.8 Å². The largest absolute Gasteiger partial charge is 0.493 e. The normalized spacial score (nSPS) is 15.6. The summed E-state index contributed by atoms with van der Waals surface area (Å²) in [4.78, 5) is 14.9. The van der Waals surface area contributed by atoms with E-state index in [1.165, 1.54) is 11.8 Å². The van der Waals surface area contributed by atoms with Gasteiger partial charge in [0.2, 0.25) is 0 Å². The fourth-order valence-electron chi connectivity index (χ4n) is 2.49. The first-order valence-corrected chi connectivity index (χ1v) is 9.56. The van der Waals surface area contributed by atoms with Gasteiger partial charge < -0.3 is 9.47 Å². The van der Waals surface area contributed by atoms with Crippen LogP contribution >= 0.6 is 24.0 Å². The Morgan fingerprint density at radius 1 is 1.08 bits per heavy atom. The van der Waals surface area contributed by atoms with Crippen molar-refractivity contribution in [1.29, 1.82) is 0 Å². The highest BCUT2D eigenvalue weighted by Crippen LogP contribution is 2.34. The standard InChI is InChI=1S/C20H19NO3S2/c1-2-23-17-11-7-6-8-15(17)14-18-19(22)21(20(25)26-18)12-13-24-16-9-4-3-5-10-16/h3-11,14H,2,12-13H2,1H3/b18-14-. The number of amides is 1. The molecular formula is C20H19NO3S2. The zero-order chi connectivity index (χ0) is 18.4. The van der Waals surface area contributed by atoms with Gasteiger partial charge in [0.05, 0.1) is 18.1 Å². The smallest absolute Gasteiger partial charge is 0.266 e. The van der Waals surface area contributed by atoms with Crippen LogP contribution in [-0.4, -0.2) is 34.9 Å². The molecule has 1 fully saturated rings. The molecule has 26 heavy (non-hydrogen) atoms. The summed E-state index contributed by atoms with van der Waals surface area (Å²) in [6, 6.07) is 17.2. The van der Waals surface area contributed by atoms with Crippen LogP contribution in [0.3, 0.4) is 0 Å². The minimum Gasteiger partial charge on any atom is -0.493 e. The fraction of sp³-hybridized carbons (Fsp3) is 0.200. The summed E-state index contributed by atoms with van der Waals surface area (Å²) in [6.07, 6.45) is 1.84. The Morgan fingerprint density at radius 3 is 2.58 bits per heavy atom. The molecule has 134 valence electrons. The number of rotatable bonds is 7. The average molecular weight is 386 g/mol. The van der Waals surface area contributed by atoms with E-state index >= 15 is 0 Å².